The Morgan fingerprint density at radius 3 is 2.65 bits per heavy atom. The molecule has 1 atom stereocenters. The van der Waals surface area contributed by atoms with Crippen LogP contribution in [0.25, 0.3) is 0 Å². The number of amides is 1. The lowest BCUT2D eigenvalue weighted by molar-refractivity contribution is -0.155. The molecule has 0 radical (unpaired) electrons. The maximum absolute atomic E-state index is 12.2. The fourth-order valence-electron chi connectivity index (χ4n) is 2.41. The number of rotatable bonds is 6. The number of hydrogen-bond donors (Lipinski definition) is 2. The number of benzene rings is 1. The summed E-state index contributed by atoms with van der Waals surface area (Å²) in [5, 5.41) is 12.2. The van der Waals surface area contributed by atoms with Crippen LogP contribution in [0.1, 0.15) is 19.8 Å². The number of carboxylic acids is 1. The maximum atomic E-state index is 12.2. The Labute approximate surface area is 143 Å². The molecule has 7 heteroatoms. The molecule has 6 nitrogen and oxygen atoms in total. The summed E-state index contributed by atoms with van der Waals surface area (Å²) < 4.78 is 11.6. The molecule has 0 aliphatic carbocycles. The predicted molar refractivity (Wildman–Crippen MR) is 87.4 cm³/mol. The Morgan fingerprint density at radius 2 is 2.04 bits per heavy atom. The van der Waals surface area contributed by atoms with Crippen LogP contribution in [0.15, 0.2) is 28.7 Å². The summed E-state index contributed by atoms with van der Waals surface area (Å²) in [6.07, 6.45) is 0.0591. The SMILES string of the molecule is CC(Oc1ccccc1Br)C(=O)NCC1(C(=O)O)CCOCC1. The first-order valence-corrected chi connectivity index (χ1v) is 8.24. The summed E-state index contributed by atoms with van der Waals surface area (Å²) in [5.41, 5.74) is -0.957. The number of carbonyl (C=O) groups excluding carboxylic acids is 1. The first-order valence-electron chi connectivity index (χ1n) is 7.45. The molecule has 1 unspecified atom stereocenters. The van der Waals surface area contributed by atoms with Gasteiger partial charge in [-0.2, -0.15) is 0 Å². The topological polar surface area (TPSA) is 84.9 Å². The zero-order chi connectivity index (χ0) is 16.9. The molecule has 2 N–H and O–H groups in total. The summed E-state index contributed by atoms with van der Waals surface area (Å²) in [5.74, 6) is -0.678. The van der Waals surface area contributed by atoms with Crippen LogP contribution < -0.4 is 10.1 Å². The number of halogens is 1. The van der Waals surface area contributed by atoms with Gasteiger partial charge in [-0.3, -0.25) is 9.59 Å². The van der Waals surface area contributed by atoms with Gasteiger partial charge in [0.25, 0.3) is 5.91 Å². The summed E-state index contributed by atoms with van der Waals surface area (Å²) >= 11 is 3.35. The zero-order valence-electron chi connectivity index (χ0n) is 12.9. The van der Waals surface area contributed by atoms with Gasteiger partial charge in [0.05, 0.1) is 9.89 Å². The molecule has 0 bridgehead atoms. The maximum Gasteiger partial charge on any atom is 0.311 e. The lowest BCUT2D eigenvalue weighted by atomic mass is 9.80. The molecule has 23 heavy (non-hydrogen) atoms. The lowest BCUT2D eigenvalue weighted by Gasteiger charge is -2.33. The normalized spacial score (nSPS) is 18.0. The molecule has 1 saturated heterocycles. The summed E-state index contributed by atoms with van der Waals surface area (Å²) in [6, 6.07) is 7.24. The second-order valence-corrected chi connectivity index (χ2v) is 6.46. The van der Waals surface area contributed by atoms with Crippen molar-refractivity contribution in [3.8, 4) is 5.75 Å². The Bertz CT molecular complexity index is 571. The van der Waals surface area contributed by atoms with Gasteiger partial charge in [-0.25, -0.2) is 0 Å². The minimum atomic E-state index is -0.957. The van der Waals surface area contributed by atoms with Crippen molar-refractivity contribution in [2.45, 2.75) is 25.9 Å². The minimum Gasteiger partial charge on any atom is -0.481 e. The highest BCUT2D eigenvalue weighted by Crippen LogP contribution is 2.30. The van der Waals surface area contributed by atoms with Crippen molar-refractivity contribution in [1.29, 1.82) is 0 Å². The number of nitrogens with one attached hydrogen (secondary N) is 1. The molecule has 1 fully saturated rings. The molecule has 126 valence electrons. The molecule has 1 amide bonds. The van der Waals surface area contributed by atoms with E-state index in [1.54, 1.807) is 13.0 Å². The lowest BCUT2D eigenvalue weighted by Crippen LogP contribution is -2.48. The van der Waals surface area contributed by atoms with Gasteiger partial charge < -0.3 is 19.9 Å². The number of hydrogen-bond acceptors (Lipinski definition) is 4. The monoisotopic (exact) mass is 385 g/mol. The number of carboxylic acid groups (broad SMARTS) is 1. The molecule has 1 heterocycles. The van der Waals surface area contributed by atoms with Crippen molar-refractivity contribution in [2.24, 2.45) is 5.41 Å². The second kappa shape index (κ2) is 7.79. The molecule has 1 aromatic carbocycles. The predicted octanol–water partition coefficient (Wildman–Crippen LogP) is 2.21. The van der Waals surface area contributed by atoms with Crippen molar-refractivity contribution in [2.75, 3.05) is 19.8 Å². The molecule has 0 aromatic heterocycles. The van der Waals surface area contributed by atoms with E-state index < -0.39 is 17.5 Å². The Kier molecular flexibility index (Phi) is 6.01. The van der Waals surface area contributed by atoms with Gasteiger partial charge in [0.1, 0.15) is 5.75 Å². The van der Waals surface area contributed by atoms with Gasteiger partial charge in [-0.05, 0) is 47.8 Å². The van der Waals surface area contributed by atoms with Gasteiger partial charge in [0.15, 0.2) is 6.10 Å². The van der Waals surface area contributed by atoms with Crippen LogP contribution in [0.2, 0.25) is 0 Å². The Hall–Kier alpha value is -1.60. The van der Waals surface area contributed by atoms with Crippen LogP contribution in [0.5, 0.6) is 5.75 Å². The van der Waals surface area contributed by atoms with E-state index in [9.17, 15) is 14.7 Å². The van der Waals surface area contributed by atoms with E-state index in [-0.39, 0.29) is 12.5 Å². The summed E-state index contributed by atoms with van der Waals surface area (Å²) in [6.45, 7) is 2.50. The van der Waals surface area contributed by atoms with Gasteiger partial charge in [0.2, 0.25) is 0 Å². The van der Waals surface area contributed by atoms with Crippen LogP contribution in [-0.2, 0) is 14.3 Å². The molecule has 1 aromatic rings. The highest BCUT2D eigenvalue weighted by atomic mass is 79.9. The van der Waals surface area contributed by atoms with Gasteiger partial charge >= 0.3 is 5.97 Å². The quantitative estimate of drug-likeness (QED) is 0.783. The number of ether oxygens (including phenoxy) is 2. The van der Waals surface area contributed by atoms with Crippen LogP contribution in [-0.4, -0.2) is 42.8 Å². The van der Waals surface area contributed by atoms with E-state index in [0.29, 0.717) is 31.8 Å². The number of para-hydroxylation sites is 1. The first kappa shape index (κ1) is 17.7. The smallest absolute Gasteiger partial charge is 0.311 e. The van der Waals surface area contributed by atoms with E-state index in [4.69, 9.17) is 9.47 Å². The molecule has 1 aliphatic rings. The number of aliphatic carboxylic acids is 1. The van der Waals surface area contributed by atoms with Crippen molar-refractivity contribution >= 4 is 27.8 Å². The summed E-state index contributed by atoms with van der Waals surface area (Å²) in [7, 11) is 0. The van der Waals surface area contributed by atoms with Crippen LogP contribution in [0.4, 0.5) is 0 Å². The largest absolute Gasteiger partial charge is 0.481 e. The van der Waals surface area contributed by atoms with Gasteiger partial charge in [-0.1, -0.05) is 12.1 Å². The molecule has 0 saturated carbocycles. The van der Waals surface area contributed by atoms with Crippen molar-refractivity contribution in [1.82, 2.24) is 5.32 Å². The fraction of sp³-hybridized carbons (Fsp3) is 0.500. The van der Waals surface area contributed by atoms with E-state index in [2.05, 4.69) is 21.2 Å². The van der Waals surface area contributed by atoms with E-state index in [0.717, 1.165) is 4.47 Å². The van der Waals surface area contributed by atoms with Gasteiger partial charge in [-0.15, -0.1) is 0 Å². The molecular formula is C16H20BrNO5. The van der Waals surface area contributed by atoms with E-state index in [1.807, 2.05) is 18.2 Å². The molecular weight excluding hydrogens is 366 g/mol. The molecule has 1 aliphatic heterocycles. The number of carbonyl (C=O) groups is 2. The fourth-order valence-corrected chi connectivity index (χ4v) is 2.79. The third-order valence-corrected chi connectivity index (χ3v) is 4.67. The first-order chi connectivity index (χ1) is 10.9. The van der Waals surface area contributed by atoms with Crippen LogP contribution in [0.3, 0.4) is 0 Å². The van der Waals surface area contributed by atoms with Crippen LogP contribution >= 0.6 is 15.9 Å². The zero-order valence-corrected chi connectivity index (χ0v) is 14.5. The average molecular weight is 386 g/mol. The average Bonchev–Trinajstić information content (AvgIpc) is 2.55. The standard InChI is InChI=1S/C16H20BrNO5/c1-11(23-13-5-3-2-4-12(13)17)14(19)18-10-16(15(20)21)6-8-22-9-7-16/h2-5,11H,6-10H2,1H3,(H,18,19)(H,20,21). The Morgan fingerprint density at radius 1 is 1.39 bits per heavy atom. The van der Waals surface area contributed by atoms with Crippen molar-refractivity contribution < 1.29 is 24.2 Å². The Balaban J connectivity index is 1.93. The molecule has 2 rings (SSSR count). The third kappa shape index (κ3) is 4.45. The van der Waals surface area contributed by atoms with Crippen LogP contribution in [0, 0.1) is 5.41 Å². The highest BCUT2D eigenvalue weighted by molar-refractivity contribution is 9.10. The third-order valence-electron chi connectivity index (χ3n) is 4.01. The van der Waals surface area contributed by atoms with E-state index >= 15 is 0 Å². The second-order valence-electron chi connectivity index (χ2n) is 5.61. The van der Waals surface area contributed by atoms with Crippen molar-refractivity contribution in [3.63, 3.8) is 0 Å². The molecule has 0 spiro atoms. The minimum absolute atomic E-state index is 0.0776. The summed E-state index contributed by atoms with van der Waals surface area (Å²) in [4.78, 5) is 23.7. The van der Waals surface area contributed by atoms with E-state index in [1.165, 1.54) is 0 Å². The van der Waals surface area contributed by atoms with Gasteiger partial charge in [0, 0.05) is 19.8 Å². The highest BCUT2D eigenvalue weighted by Gasteiger charge is 2.40. The van der Waals surface area contributed by atoms with Crippen molar-refractivity contribution in [3.05, 3.63) is 28.7 Å².